The third-order valence-electron chi connectivity index (χ3n) is 7.76. The summed E-state index contributed by atoms with van der Waals surface area (Å²) in [7, 11) is 0. The van der Waals surface area contributed by atoms with Crippen molar-refractivity contribution in [1.82, 2.24) is 10.2 Å². The maximum absolute atomic E-state index is 3.98. The molecule has 0 aromatic rings. The lowest BCUT2D eigenvalue weighted by atomic mass is 9.82. The fourth-order valence-electron chi connectivity index (χ4n) is 6.01. The second-order valence-electron chi connectivity index (χ2n) is 9.01. The Bertz CT molecular complexity index is 387. The molecular weight excluding hydrogens is 256 g/mol. The number of hydrogen-bond acceptors (Lipinski definition) is 2. The van der Waals surface area contributed by atoms with Crippen LogP contribution in [-0.2, 0) is 0 Å². The Kier molecular flexibility index (Phi) is 3.61. The van der Waals surface area contributed by atoms with E-state index in [0.717, 1.165) is 17.8 Å². The van der Waals surface area contributed by atoms with Crippen LogP contribution in [0.2, 0.25) is 0 Å². The van der Waals surface area contributed by atoms with Crippen LogP contribution in [0.25, 0.3) is 0 Å². The van der Waals surface area contributed by atoms with Crippen LogP contribution in [0.15, 0.2) is 0 Å². The zero-order valence-corrected chi connectivity index (χ0v) is 14.2. The first-order chi connectivity index (χ1) is 10.1. The standard InChI is InChI=1S/C19H34N2/c1-3-18(2)13-20-19(8-4-5-9-19)14-21(18)12-17-11-15-6-7-16(17)10-15/h15-17,20H,3-14H2,1-2H3. The smallest absolute Gasteiger partial charge is 0.0309 e. The van der Waals surface area contributed by atoms with Crippen molar-refractivity contribution in [3.05, 3.63) is 0 Å². The van der Waals surface area contributed by atoms with Crippen LogP contribution in [0.3, 0.4) is 0 Å². The highest BCUT2D eigenvalue weighted by atomic mass is 15.3. The molecule has 1 heterocycles. The van der Waals surface area contributed by atoms with Crippen LogP contribution >= 0.6 is 0 Å². The molecular formula is C19H34N2. The van der Waals surface area contributed by atoms with Crippen LogP contribution in [0.5, 0.6) is 0 Å². The van der Waals surface area contributed by atoms with Gasteiger partial charge in [0.1, 0.15) is 0 Å². The van der Waals surface area contributed by atoms with Crippen LogP contribution in [0.4, 0.5) is 0 Å². The van der Waals surface area contributed by atoms with Crippen molar-refractivity contribution in [2.24, 2.45) is 17.8 Å². The third-order valence-corrected chi connectivity index (χ3v) is 7.76. The molecule has 3 saturated carbocycles. The number of hydrogen-bond donors (Lipinski definition) is 1. The maximum Gasteiger partial charge on any atom is 0.0309 e. The summed E-state index contributed by atoms with van der Waals surface area (Å²) in [6.07, 6.45) is 13.2. The van der Waals surface area contributed by atoms with Crippen molar-refractivity contribution in [2.45, 2.75) is 82.7 Å². The number of piperazine rings is 1. The van der Waals surface area contributed by atoms with E-state index in [1.54, 1.807) is 12.8 Å². The molecule has 4 rings (SSSR count). The van der Waals surface area contributed by atoms with Crippen molar-refractivity contribution in [3.8, 4) is 0 Å². The second-order valence-corrected chi connectivity index (χ2v) is 9.01. The fraction of sp³-hybridized carbons (Fsp3) is 1.00. The summed E-state index contributed by atoms with van der Waals surface area (Å²) in [6, 6.07) is 0. The molecule has 2 heteroatoms. The van der Waals surface area contributed by atoms with Crippen LogP contribution in [0.1, 0.15) is 71.6 Å². The van der Waals surface area contributed by atoms with E-state index in [0.29, 0.717) is 11.1 Å². The minimum absolute atomic E-state index is 0.398. The molecule has 1 saturated heterocycles. The lowest BCUT2D eigenvalue weighted by Gasteiger charge is -2.53. The van der Waals surface area contributed by atoms with Gasteiger partial charge in [-0.25, -0.2) is 0 Å². The van der Waals surface area contributed by atoms with Crippen molar-refractivity contribution >= 4 is 0 Å². The summed E-state index contributed by atoms with van der Waals surface area (Å²) in [5.41, 5.74) is 0.877. The summed E-state index contributed by atoms with van der Waals surface area (Å²) < 4.78 is 0. The lowest BCUT2D eigenvalue weighted by molar-refractivity contribution is -0.00305. The van der Waals surface area contributed by atoms with Crippen molar-refractivity contribution in [3.63, 3.8) is 0 Å². The van der Waals surface area contributed by atoms with Gasteiger partial charge in [-0.05, 0) is 63.2 Å². The molecule has 4 fully saturated rings. The van der Waals surface area contributed by atoms with E-state index in [1.165, 1.54) is 64.6 Å². The molecule has 2 nitrogen and oxygen atoms in total. The molecule has 21 heavy (non-hydrogen) atoms. The van der Waals surface area contributed by atoms with Gasteiger partial charge in [0.05, 0.1) is 0 Å². The third kappa shape index (κ3) is 2.47. The molecule has 0 aromatic carbocycles. The number of nitrogens with zero attached hydrogens (tertiary/aromatic N) is 1. The number of nitrogens with one attached hydrogen (secondary N) is 1. The van der Waals surface area contributed by atoms with Crippen molar-refractivity contribution in [1.29, 1.82) is 0 Å². The van der Waals surface area contributed by atoms with Gasteiger partial charge in [0.15, 0.2) is 0 Å². The Morgan fingerprint density at radius 2 is 1.95 bits per heavy atom. The summed E-state index contributed by atoms with van der Waals surface area (Å²) in [5, 5.41) is 3.98. The van der Waals surface area contributed by atoms with E-state index in [2.05, 4.69) is 24.1 Å². The van der Waals surface area contributed by atoms with Gasteiger partial charge in [0.2, 0.25) is 0 Å². The van der Waals surface area contributed by atoms with Crippen LogP contribution in [0, 0.1) is 17.8 Å². The number of fused-ring (bicyclic) bond motifs is 2. The highest BCUT2D eigenvalue weighted by Crippen LogP contribution is 2.49. The van der Waals surface area contributed by atoms with Crippen LogP contribution < -0.4 is 5.32 Å². The first-order valence-corrected chi connectivity index (χ1v) is 9.63. The van der Waals surface area contributed by atoms with Gasteiger partial charge >= 0.3 is 0 Å². The SMILES string of the molecule is CCC1(C)CNC2(CCCC2)CN1CC1CC2CCC1C2. The van der Waals surface area contributed by atoms with Gasteiger partial charge < -0.3 is 5.32 Å². The zero-order chi connectivity index (χ0) is 14.5. The topological polar surface area (TPSA) is 15.3 Å². The Morgan fingerprint density at radius 1 is 1.14 bits per heavy atom. The van der Waals surface area contributed by atoms with Gasteiger partial charge in [-0.1, -0.05) is 26.2 Å². The molecule has 0 radical (unpaired) electrons. The van der Waals surface area contributed by atoms with Gasteiger partial charge in [-0.3, -0.25) is 4.90 Å². The highest BCUT2D eigenvalue weighted by molar-refractivity contribution is 5.06. The van der Waals surface area contributed by atoms with Crippen molar-refractivity contribution in [2.75, 3.05) is 19.6 Å². The average Bonchev–Trinajstić information content (AvgIpc) is 3.20. The zero-order valence-electron chi connectivity index (χ0n) is 14.2. The molecule has 1 spiro atoms. The molecule has 4 unspecified atom stereocenters. The molecule has 1 aliphatic heterocycles. The molecule has 3 aliphatic carbocycles. The first kappa shape index (κ1) is 14.5. The van der Waals surface area contributed by atoms with E-state index in [4.69, 9.17) is 0 Å². The summed E-state index contributed by atoms with van der Waals surface area (Å²) in [6.45, 7) is 8.83. The monoisotopic (exact) mass is 290 g/mol. The minimum atomic E-state index is 0.398. The number of rotatable bonds is 3. The highest BCUT2D eigenvalue weighted by Gasteiger charge is 2.48. The van der Waals surface area contributed by atoms with E-state index in [9.17, 15) is 0 Å². The van der Waals surface area contributed by atoms with E-state index in [-0.39, 0.29) is 0 Å². The predicted molar refractivity (Wildman–Crippen MR) is 88.4 cm³/mol. The first-order valence-electron chi connectivity index (χ1n) is 9.63. The van der Waals surface area contributed by atoms with Gasteiger partial charge in [-0.2, -0.15) is 0 Å². The van der Waals surface area contributed by atoms with Gasteiger partial charge in [0.25, 0.3) is 0 Å². The Labute approximate surface area is 131 Å². The summed E-state index contributed by atoms with van der Waals surface area (Å²) >= 11 is 0. The molecule has 4 atom stereocenters. The van der Waals surface area contributed by atoms with Crippen LogP contribution in [-0.4, -0.2) is 35.6 Å². The summed E-state index contributed by atoms with van der Waals surface area (Å²) in [4.78, 5) is 2.93. The normalized spacial score (nSPS) is 45.7. The largest absolute Gasteiger partial charge is 0.308 e. The van der Waals surface area contributed by atoms with E-state index < -0.39 is 0 Å². The Balaban J connectivity index is 1.48. The molecule has 1 N–H and O–H groups in total. The van der Waals surface area contributed by atoms with Gasteiger partial charge in [-0.15, -0.1) is 0 Å². The van der Waals surface area contributed by atoms with Crippen molar-refractivity contribution < 1.29 is 0 Å². The minimum Gasteiger partial charge on any atom is -0.308 e. The molecule has 0 aromatic heterocycles. The predicted octanol–water partition coefficient (Wildman–Crippen LogP) is 3.81. The molecule has 120 valence electrons. The molecule has 0 amide bonds. The summed E-state index contributed by atoms with van der Waals surface area (Å²) in [5.74, 6) is 3.19. The average molecular weight is 290 g/mol. The molecule has 4 aliphatic rings. The Morgan fingerprint density at radius 3 is 2.57 bits per heavy atom. The van der Waals surface area contributed by atoms with E-state index >= 15 is 0 Å². The van der Waals surface area contributed by atoms with E-state index in [1.807, 2.05) is 0 Å². The van der Waals surface area contributed by atoms with Gasteiger partial charge in [0, 0.05) is 30.7 Å². The lowest BCUT2D eigenvalue weighted by Crippen LogP contribution is -2.68. The second kappa shape index (κ2) is 5.23. The molecule has 2 bridgehead atoms. The fourth-order valence-corrected chi connectivity index (χ4v) is 6.01. The maximum atomic E-state index is 3.98. The Hall–Kier alpha value is -0.0800. The quantitative estimate of drug-likeness (QED) is 0.850.